The summed E-state index contributed by atoms with van der Waals surface area (Å²) in [5, 5.41) is 15.2. The van der Waals surface area contributed by atoms with Crippen molar-refractivity contribution in [2.45, 2.75) is 0 Å². The summed E-state index contributed by atoms with van der Waals surface area (Å²) in [5.74, 6) is -3.98. The third kappa shape index (κ3) is 7.63. The number of hydrogen-bond donors (Lipinski definition) is 2. The first-order valence-corrected chi connectivity index (χ1v) is 5.49. The molecule has 0 atom stereocenters. The molecule has 2 N–H and O–H groups in total. The van der Waals surface area contributed by atoms with E-state index in [0.717, 1.165) is 36.4 Å². The van der Waals surface area contributed by atoms with Gasteiger partial charge in [-0.25, -0.2) is 22.4 Å². The van der Waals surface area contributed by atoms with E-state index in [-0.39, 0.29) is 6.47 Å². The first kappa shape index (κ1) is 19.1. The first-order chi connectivity index (χ1) is 10.3. The van der Waals surface area contributed by atoms with Crippen molar-refractivity contribution >= 4 is 12.4 Å². The summed E-state index contributed by atoms with van der Waals surface area (Å²) in [7, 11) is 0. The van der Waals surface area contributed by atoms with Crippen LogP contribution in [-0.4, -0.2) is 22.7 Å². The summed E-state index contributed by atoms with van der Waals surface area (Å²) in [6.07, 6.45) is 0. The minimum atomic E-state index is -1.47. The van der Waals surface area contributed by atoms with Crippen LogP contribution < -0.4 is 0 Å². The van der Waals surface area contributed by atoms with Crippen molar-refractivity contribution in [2.75, 3.05) is 0 Å². The van der Waals surface area contributed by atoms with Crippen LogP contribution >= 0.6 is 0 Å². The average Bonchev–Trinajstić information content (AvgIpc) is 2.46. The Morgan fingerprint density at radius 1 is 0.864 bits per heavy atom. The Hall–Kier alpha value is -2.90. The number of carboxylic acid groups (broad SMARTS) is 2. The molecule has 118 valence electrons. The SMILES string of the molecule is Fc1ccc(F)cc1.O=C(O)c1cc(F)ccc1F.O=CO. The molecular formula is C14H10F4O4. The highest BCUT2D eigenvalue weighted by Gasteiger charge is 2.09. The van der Waals surface area contributed by atoms with E-state index < -0.39 is 34.8 Å². The molecule has 0 unspecified atom stereocenters. The van der Waals surface area contributed by atoms with Gasteiger partial charge in [0, 0.05) is 0 Å². The van der Waals surface area contributed by atoms with Crippen molar-refractivity contribution in [1.29, 1.82) is 0 Å². The second-order valence-corrected chi connectivity index (χ2v) is 3.47. The third-order valence-corrected chi connectivity index (χ3v) is 1.96. The fourth-order valence-corrected chi connectivity index (χ4v) is 1.09. The number of hydrogen-bond acceptors (Lipinski definition) is 2. The third-order valence-electron chi connectivity index (χ3n) is 1.96. The van der Waals surface area contributed by atoms with Gasteiger partial charge >= 0.3 is 5.97 Å². The fraction of sp³-hybridized carbons (Fsp3) is 0. The molecule has 2 aromatic carbocycles. The van der Waals surface area contributed by atoms with Crippen LogP contribution in [0.15, 0.2) is 42.5 Å². The van der Waals surface area contributed by atoms with Crippen molar-refractivity contribution in [3.05, 3.63) is 71.3 Å². The number of carbonyl (C=O) groups is 2. The monoisotopic (exact) mass is 318 g/mol. The van der Waals surface area contributed by atoms with Gasteiger partial charge in [0.1, 0.15) is 23.3 Å². The summed E-state index contributed by atoms with van der Waals surface area (Å²) in [4.78, 5) is 18.5. The molecule has 0 fully saturated rings. The molecule has 0 aliphatic heterocycles. The number of halogens is 4. The molecule has 0 aliphatic rings. The molecule has 0 saturated carbocycles. The molecule has 22 heavy (non-hydrogen) atoms. The maximum absolute atomic E-state index is 12.5. The lowest BCUT2D eigenvalue weighted by atomic mass is 10.2. The Labute approximate surface area is 122 Å². The van der Waals surface area contributed by atoms with Crippen molar-refractivity contribution in [3.8, 4) is 0 Å². The van der Waals surface area contributed by atoms with Gasteiger partial charge in [-0.1, -0.05) is 0 Å². The molecule has 0 bridgehead atoms. The van der Waals surface area contributed by atoms with E-state index in [2.05, 4.69) is 0 Å². The largest absolute Gasteiger partial charge is 0.483 e. The predicted molar refractivity (Wildman–Crippen MR) is 68.4 cm³/mol. The highest BCUT2D eigenvalue weighted by Crippen LogP contribution is 2.08. The molecule has 4 nitrogen and oxygen atoms in total. The van der Waals surface area contributed by atoms with E-state index in [1.807, 2.05) is 0 Å². The lowest BCUT2D eigenvalue weighted by Crippen LogP contribution is -2.00. The van der Waals surface area contributed by atoms with E-state index in [4.69, 9.17) is 15.0 Å². The standard InChI is InChI=1S/C7H4F2O2.C6H4F2.CH2O2/c8-4-1-2-6(9)5(3-4)7(10)11;7-5-1-2-6(8)4-3-5;2-1-3/h1-3H,(H,10,11);1-4H;1H,(H,2,3). The van der Waals surface area contributed by atoms with Crippen LogP contribution in [0.1, 0.15) is 10.4 Å². The summed E-state index contributed by atoms with van der Waals surface area (Å²) < 4.78 is 48.6. The topological polar surface area (TPSA) is 74.6 Å². The molecule has 8 heteroatoms. The first-order valence-electron chi connectivity index (χ1n) is 5.49. The predicted octanol–water partition coefficient (Wildman–Crippen LogP) is 3.33. The van der Waals surface area contributed by atoms with Crippen molar-refractivity contribution in [3.63, 3.8) is 0 Å². The van der Waals surface area contributed by atoms with Crippen molar-refractivity contribution < 1.29 is 37.4 Å². The zero-order valence-electron chi connectivity index (χ0n) is 10.8. The highest BCUT2D eigenvalue weighted by molar-refractivity contribution is 5.87. The Bertz CT molecular complexity index is 594. The fourth-order valence-electron chi connectivity index (χ4n) is 1.09. The molecule has 0 aliphatic carbocycles. The van der Waals surface area contributed by atoms with Gasteiger partial charge in [0.2, 0.25) is 0 Å². The van der Waals surface area contributed by atoms with Crippen LogP contribution in [0.4, 0.5) is 17.6 Å². The highest BCUT2D eigenvalue weighted by atomic mass is 19.1. The summed E-state index contributed by atoms with van der Waals surface area (Å²) in [5.41, 5.74) is -0.648. The van der Waals surface area contributed by atoms with Crippen LogP contribution in [0, 0.1) is 23.3 Å². The summed E-state index contributed by atoms with van der Waals surface area (Å²) in [6, 6.07) is 6.59. The van der Waals surface area contributed by atoms with Gasteiger partial charge in [-0.3, -0.25) is 4.79 Å². The smallest absolute Gasteiger partial charge is 0.338 e. The molecule has 0 heterocycles. The Morgan fingerprint density at radius 3 is 1.55 bits per heavy atom. The molecule has 0 saturated heterocycles. The van der Waals surface area contributed by atoms with E-state index in [1.54, 1.807) is 0 Å². The normalized spacial score (nSPS) is 8.73. The second-order valence-electron chi connectivity index (χ2n) is 3.47. The van der Waals surface area contributed by atoms with Gasteiger partial charge in [-0.05, 0) is 42.5 Å². The minimum Gasteiger partial charge on any atom is -0.483 e. The number of aromatic carboxylic acids is 1. The zero-order chi connectivity index (χ0) is 17.1. The molecule has 2 rings (SSSR count). The second kappa shape index (κ2) is 9.92. The van der Waals surface area contributed by atoms with Gasteiger partial charge in [-0.2, -0.15) is 0 Å². The van der Waals surface area contributed by atoms with Gasteiger partial charge in [0.15, 0.2) is 0 Å². The Morgan fingerprint density at radius 2 is 1.23 bits per heavy atom. The minimum absolute atomic E-state index is 0.250. The van der Waals surface area contributed by atoms with Crippen LogP contribution in [0.2, 0.25) is 0 Å². The quantitative estimate of drug-likeness (QED) is 0.625. The van der Waals surface area contributed by atoms with E-state index in [9.17, 15) is 22.4 Å². The zero-order valence-corrected chi connectivity index (χ0v) is 10.8. The lowest BCUT2D eigenvalue weighted by molar-refractivity contribution is -0.122. The van der Waals surface area contributed by atoms with E-state index in [0.29, 0.717) is 6.07 Å². The van der Waals surface area contributed by atoms with Crippen molar-refractivity contribution in [1.82, 2.24) is 0 Å². The number of rotatable bonds is 1. The van der Waals surface area contributed by atoms with Crippen LogP contribution in [0.5, 0.6) is 0 Å². The maximum atomic E-state index is 12.5. The Balaban J connectivity index is 0.000000352. The van der Waals surface area contributed by atoms with Gasteiger partial charge in [0.05, 0.1) is 5.56 Å². The molecule has 2 aromatic rings. The number of carboxylic acids is 1. The molecular weight excluding hydrogens is 308 g/mol. The van der Waals surface area contributed by atoms with Gasteiger partial charge in [0.25, 0.3) is 6.47 Å². The van der Waals surface area contributed by atoms with E-state index >= 15 is 0 Å². The molecule has 0 amide bonds. The lowest BCUT2D eigenvalue weighted by Gasteiger charge is -1.95. The number of benzene rings is 2. The molecule has 0 radical (unpaired) electrons. The van der Waals surface area contributed by atoms with Gasteiger partial charge in [-0.15, -0.1) is 0 Å². The summed E-state index contributed by atoms with van der Waals surface area (Å²) in [6.45, 7) is -0.250. The van der Waals surface area contributed by atoms with Gasteiger partial charge < -0.3 is 10.2 Å². The van der Waals surface area contributed by atoms with Crippen LogP contribution in [-0.2, 0) is 4.79 Å². The molecule has 0 spiro atoms. The Kier molecular flexibility index (Phi) is 8.61. The average molecular weight is 318 g/mol. The van der Waals surface area contributed by atoms with Crippen LogP contribution in [0.3, 0.4) is 0 Å². The maximum Gasteiger partial charge on any atom is 0.338 e. The van der Waals surface area contributed by atoms with E-state index in [1.165, 1.54) is 0 Å². The van der Waals surface area contributed by atoms with Crippen LogP contribution in [0.25, 0.3) is 0 Å². The van der Waals surface area contributed by atoms with Crippen molar-refractivity contribution in [2.24, 2.45) is 0 Å². The molecule has 0 aromatic heterocycles. The summed E-state index contributed by atoms with van der Waals surface area (Å²) >= 11 is 0.